The molecule has 0 heterocycles. The molecule has 0 spiro atoms. The summed E-state index contributed by atoms with van der Waals surface area (Å²) < 4.78 is 16.7. The lowest BCUT2D eigenvalue weighted by atomic mass is 10.1. The zero-order valence-electron chi connectivity index (χ0n) is 40.9. The Kier molecular flexibility index (Phi) is 48.4. The number of ether oxygens (including phenoxy) is 3. The molecule has 0 saturated carbocycles. The fraction of sp³-hybridized carbons (Fsp3) is 0.768. The van der Waals surface area contributed by atoms with Gasteiger partial charge >= 0.3 is 17.9 Å². The Balaban J connectivity index is 4.24. The summed E-state index contributed by atoms with van der Waals surface area (Å²) in [5.41, 5.74) is 0. The molecule has 6 nitrogen and oxygen atoms in total. The average Bonchev–Trinajstić information content (AvgIpc) is 3.27. The van der Waals surface area contributed by atoms with E-state index in [0.717, 1.165) is 109 Å². The van der Waals surface area contributed by atoms with Crippen LogP contribution in [-0.4, -0.2) is 37.2 Å². The van der Waals surface area contributed by atoms with Crippen LogP contribution in [0.5, 0.6) is 0 Å². The van der Waals surface area contributed by atoms with Gasteiger partial charge in [-0.2, -0.15) is 0 Å². The lowest BCUT2D eigenvalue weighted by molar-refractivity contribution is -0.167. The van der Waals surface area contributed by atoms with Gasteiger partial charge in [-0.05, 0) is 83.5 Å². The Morgan fingerprint density at radius 1 is 0.323 bits per heavy atom. The molecule has 0 aliphatic heterocycles. The van der Waals surface area contributed by atoms with Crippen LogP contribution >= 0.6 is 0 Å². The van der Waals surface area contributed by atoms with Crippen molar-refractivity contribution < 1.29 is 28.6 Å². The summed E-state index contributed by atoms with van der Waals surface area (Å²) in [5, 5.41) is 0. The zero-order valence-corrected chi connectivity index (χ0v) is 40.9. The number of allylic oxidation sites excluding steroid dienone is 10. The monoisotopic (exact) mass is 867 g/mol. The number of unbranched alkanes of at least 4 members (excludes halogenated alkanes) is 26. The van der Waals surface area contributed by atoms with Crippen LogP contribution in [-0.2, 0) is 28.6 Å². The van der Waals surface area contributed by atoms with E-state index in [4.69, 9.17) is 14.2 Å². The smallest absolute Gasteiger partial charge is 0.306 e. The van der Waals surface area contributed by atoms with Gasteiger partial charge in [-0.15, -0.1) is 0 Å². The highest BCUT2D eigenvalue weighted by atomic mass is 16.6. The number of carbonyl (C=O) groups excluding carboxylic acids is 3. The molecule has 0 radical (unpaired) electrons. The predicted molar refractivity (Wildman–Crippen MR) is 265 cm³/mol. The Hall–Kier alpha value is -2.89. The van der Waals surface area contributed by atoms with Crippen LogP contribution in [0.4, 0.5) is 0 Å². The third-order valence-electron chi connectivity index (χ3n) is 11.2. The van der Waals surface area contributed by atoms with E-state index in [1.807, 2.05) is 0 Å². The molecule has 0 aromatic rings. The molecule has 0 N–H and O–H groups in total. The van der Waals surface area contributed by atoms with Gasteiger partial charge in [-0.25, -0.2) is 0 Å². The van der Waals surface area contributed by atoms with Crippen molar-refractivity contribution in [1.82, 2.24) is 0 Å². The molecule has 0 aliphatic carbocycles. The largest absolute Gasteiger partial charge is 0.462 e. The van der Waals surface area contributed by atoms with Crippen LogP contribution in [0.15, 0.2) is 60.8 Å². The summed E-state index contributed by atoms with van der Waals surface area (Å²) in [6.07, 6.45) is 62.2. The van der Waals surface area contributed by atoms with E-state index in [1.54, 1.807) is 0 Å². The summed E-state index contributed by atoms with van der Waals surface area (Å²) in [7, 11) is 0. The molecule has 1 atom stereocenters. The number of hydrogen-bond donors (Lipinski definition) is 0. The Labute approximate surface area is 383 Å². The van der Waals surface area contributed by atoms with Gasteiger partial charge in [0.1, 0.15) is 13.2 Å². The van der Waals surface area contributed by atoms with Crippen LogP contribution in [0.1, 0.15) is 258 Å². The normalized spacial score (nSPS) is 12.5. The van der Waals surface area contributed by atoms with Gasteiger partial charge in [0.05, 0.1) is 0 Å². The lowest BCUT2D eigenvalue weighted by Gasteiger charge is -2.18. The highest BCUT2D eigenvalue weighted by molar-refractivity contribution is 5.71. The van der Waals surface area contributed by atoms with Crippen molar-refractivity contribution in [1.29, 1.82) is 0 Å². The van der Waals surface area contributed by atoms with Crippen molar-refractivity contribution in [3.05, 3.63) is 60.8 Å². The quantitative estimate of drug-likeness (QED) is 0.0262. The summed E-state index contributed by atoms with van der Waals surface area (Å²) in [4.78, 5) is 37.8. The van der Waals surface area contributed by atoms with Crippen LogP contribution in [0.2, 0.25) is 0 Å². The number of carbonyl (C=O) groups is 3. The average molecular weight is 867 g/mol. The van der Waals surface area contributed by atoms with E-state index >= 15 is 0 Å². The van der Waals surface area contributed by atoms with E-state index < -0.39 is 6.10 Å². The number of hydrogen-bond acceptors (Lipinski definition) is 6. The Morgan fingerprint density at radius 3 is 0.968 bits per heavy atom. The zero-order chi connectivity index (χ0) is 45.1. The Morgan fingerprint density at radius 2 is 0.613 bits per heavy atom. The van der Waals surface area contributed by atoms with Crippen molar-refractivity contribution >= 4 is 17.9 Å². The van der Waals surface area contributed by atoms with Crippen LogP contribution in [0.3, 0.4) is 0 Å². The predicted octanol–water partition coefficient (Wildman–Crippen LogP) is 17.3. The molecule has 0 fully saturated rings. The van der Waals surface area contributed by atoms with Crippen molar-refractivity contribution in [2.75, 3.05) is 13.2 Å². The number of esters is 3. The molecule has 0 aromatic carbocycles. The van der Waals surface area contributed by atoms with Crippen molar-refractivity contribution in [2.45, 2.75) is 264 Å². The minimum Gasteiger partial charge on any atom is -0.462 e. The third kappa shape index (κ3) is 48.1. The van der Waals surface area contributed by atoms with E-state index in [-0.39, 0.29) is 31.1 Å². The van der Waals surface area contributed by atoms with Gasteiger partial charge in [0, 0.05) is 19.3 Å². The van der Waals surface area contributed by atoms with Gasteiger partial charge in [-0.1, -0.05) is 216 Å². The second kappa shape index (κ2) is 50.8. The molecule has 0 amide bonds. The maximum absolute atomic E-state index is 12.7. The van der Waals surface area contributed by atoms with Gasteiger partial charge in [0.25, 0.3) is 0 Å². The maximum atomic E-state index is 12.7. The molecule has 0 aliphatic rings. The second-order valence-corrected chi connectivity index (χ2v) is 17.4. The minimum atomic E-state index is -0.781. The molecule has 0 aromatic heterocycles. The summed E-state index contributed by atoms with van der Waals surface area (Å²) in [6, 6.07) is 0. The highest BCUT2D eigenvalue weighted by Gasteiger charge is 2.19. The number of rotatable bonds is 47. The second-order valence-electron chi connectivity index (χ2n) is 17.4. The highest BCUT2D eigenvalue weighted by Crippen LogP contribution is 2.14. The van der Waals surface area contributed by atoms with Crippen LogP contribution in [0.25, 0.3) is 0 Å². The molecule has 0 bridgehead atoms. The van der Waals surface area contributed by atoms with Crippen molar-refractivity contribution in [3.8, 4) is 0 Å². The first kappa shape index (κ1) is 59.1. The minimum absolute atomic E-state index is 0.0815. The fourth-order valence-corrected chi connectivity index (χ4v) is 7.25. The molecule has 358 valence electrons. The maximum Gasteiger partial charge on any atom is 0.306 e. The molecular weight excluding hydrogens is 769 g/mol. The van der Waals surface area contributed by atoms with E-state index in [9.17, 15) is 14.4 Å². The van der Waals surface area contributed by atoms with Gasteiger partial charge < -0.3 is 14.2 Å². The topological polar surface area (TPSA) is 78.9 Å². The van der Waals surface area contributed by atoms with Crippen LogP contribution in [0, 0.1) is 0 Å². The third-order valence-corrected chi connectivity index (χ3v) is 11.2. The van der Waals surface area contributed by atoms with E-state index in [1.165, 1.54) is 109 Å². The summed E-state index contributed by atoms with van der Waals surface area (Å²) in [6.45, 7) is 6.52. The molecule has 0 rings (SSSR count). The standard InChI is InChI=1S/C56H98O6/c1-4-7-10-13-16-19-21-23-24-25-26-27-28-29-30-31-32-34-35-37-40-43-46-49-55(58)61-52-53(51-60-54(57)48-45-42-39-18-15-12-9-6-3)62-56(59)50-47-44-41-38-36-33-22-20-17-14-11-8-5-2/h11,14,20-23,25-26,28-29,53H,4-10,12-13,15-19,24,27,30-52H2,1-3H3/b14-11-,22-20-,23-21-,26-25-,29-28-. The first-order valence-corrected chi connectivity index (χ1v) is 26.3. The molecule has 0 saturated heterocycles. The van der Waals surface area contributed by atoms with E-state index in [0.29, 0.717) is 19.3 Å². The Bertz CT molecular complexity index is 1130. The summed E-state index contributed by atoms with van der Waals surface area (Å²) in [5.74, 6) is -0.905. The molecule has 6 heteroatoms. The van der Waals surface area contributed by atoms with Crippen molar-refractivity contribution in [2.24, 2.45) is 0 Å². The molecular formula is C56H98O6. The van der Waals surface area contributed by atoms with Crippen LogP contribution < -0.4 is 0 Å². The first-order valence-electron chi connectivity index (χ1n) is 26.3. The molecule has 1 unspecified atom stereocenters. The lowest BCUT2D eigenvalue weighted by Crippen LogP contribution is -2.30. The first-order chi connectivity index (χ1) is 30.5. The summed E-state index contributed by atoms with van der Waals surface area (Å²) >= 11 is 0. The van der Waals surface area contributed by atoms with E-state index in [2.05, 4.69) is 81.5 Å². The molecule has 62 heavy (non-hydrogen) atoms. The van der Waals surface area contributed by atoms with Gasteiger partial charge in [0.2, 0.25) is 0 Å². The SMILES string of the molecule is CCC/C=C\C/C=C\CCCCCCCC(=O)OC(COC(=O)CCCCCCCCCC)COC(=O)CCCCCCCCCC/C=C\C/C=C\C/C=C\CCCCCCC. The fourth-order valence-electron chi connectivity index (χ4n) is 7.25. The van der Waals surface area contributed by atoms with Gasteiger partial charge in [-0.3, -0.25) is 14.4 Å². The van der Waals surface area contributed by atoms with Crippen molar-refractivity contribution in [3.63, 3.8) is 0 Å². The van der Waals surface area contributed by atoms with Gasteiger partial charge in [0.15, 0.2) is 6.10 Å².